The van der Waals surface area contributed by atoms with Gasteiger partial charge in [0, 0.05) is 24.0 Å². The molecule has 2 rings (SSSR count). The Kier molecular flexibility index (Phi) is 6.53. The number of hydrogen-bond acceptors (Lipinski definition) is 3. The van der Waals surface area contributed by atoms with E-state index in [0.717, 1.165) is 11.1 Å². The largest absolute Gasteiger partial charge is 0.352 e. The molecule has 1 amide bonds. The average Bonchev–Trinajstić information content (AvgIpc) is 2.54. The third-order valence-corrected chi connectivity index (χ3v) is 5.98. The molecule has 128 valence electrons. The van der Waals surface area contributed by atoms with E-state index in [4.69, 9.17) is 0 Å². The molecular weight excluding hydrogens is 392 g/mol. The summed E-state index contributed by atoms with van der Waals surface area (Å²) in [5.41, 5.74) is 2.15. The van der Waals surface area contributed by atoms with Crippen LogP contribution in [-0.2, 0) is 21.4 Å². The van der Waals surface area contributed by atoms with Crippen LogP contribution in [0, 0.1) is 6.92 Å². The summed E-state index contributed by atoms with van der Waals surface area (Å²) in [5.74, 6) is -0.201. The van der Waals surface area contributed by atoms with E-state index in [1.54, 1.807) is 18.2 Å². The SMILES string of the molecule is Cc1ccccc1CNC(=O)CCNS(=O)(=O)c1ccccc1Br. The fourth-order valence-corrected chi connectivity index (χ4v) is 4.16. The van der Waals surface area contributed by atoms with Crippen LogP contribution in [0.25, 0.3) is 0 Å². The van der Waals surface area contributed by atoms with E-state index >= 15 is 0 Å². The Balaban J connectivity index is 1.82. The molecule has 2 N–H and O–H groups in total. The number of halogens is 1. The van der Waals surface area contributed by atoms with E-state index in [0.29, 0.717) is 11.0 Å². The Hall–Kier alpha value is -1.70. The number of sulfonamides is 1. The molecule has 0 heterocycles. The number of hydrogen-bond donors (Lipinski definition) is 2. The van der Waals surface area contributed by atoms with Gasteiger partial charge in [-0.1, -0.05) is 36.4 Å². The lowest BCUT2D eigenvalue weighted by molar-refractivity contribution is -0.121. The van der Waals surface area contributed by atoms with Crippen molar-refractivity contribution in [3.63, 3.8) is 0 Å². The minimum atomic E-state index is -3.64. The molecule has 0 spiro atoms. The maximum atomic E-state index is 12.2. The first-order valence-corrected chi connectivity index (χ1v) is 9.73. The van der Waals surface area contributed by atoms with Crippen LogP contribution in [0.15, 0.2) is 57.9 Å². The minimum absolute atomic E-state index is 0.0449. The van der Waals surface area contributed by atoms with E-state index in [-0.39, 0.29) is 23.8 Å². The van der Waals surface area contributed by atoms with Crippen LogP contribution in [0.5, 0.6) is 0 Å². The number of carbonyl (C=O) groups excluding carboxylic acids is 1. The summed E-state index contributed by atoms with van der Waals surface area (Å²) in [6.45, 7) is 2.46. The minimum Gasteiger partial charge on any atom is -0.352 e. The highest BCUT2D eigenvalue weighted by atomic mass is 79.9. The zero-order chi connectivity index (χ0) is 17.6. The number of carbonyl (C=O) groups is 1. The Labute approximate surface area is 150 Å². The molecule has 0 aliphatic carbocycles. The van der Waals surface area contributed by atoms with Crippen LogP contribution in [0.1, 0.15) is 17.5 Å². The van der Waals surface area contributed by atoms with Crippen LogP contribution in [0.3, 0.4) is 0 Å². The second-order valence-corrected chi connectivity index (χ2v) is 7.87. The van der Waals surface area contributed by atoms with E-state index in [1.165, 1.54) is 6.07 Å². The number of rotatable bonds is 7. The monoisotopic (exact) mass is 410 g/mol. The van der Waals surface area contributed by atoms with Gasteiger partial charge < -0.3 is 5.32 Å². The molecule has 0 atom stereocenters. The standard InChI is InChI=1S/C17H19BrN2O3S/c1-13-6-2-3-7-14(13)12-19-17(21)10-11-20-24(22,23)16-9-5-4-8-15(16)18/h2-9,20H,10-12H2,1H3,(H,19,21). The molecule has 0 aliphatic heterocycles. The third kappa shape index (κ3) is 5.15. The van der Waals surface area contributed by atoms with Crippen molar-refractivity contribution in [2.75, 3.05) is 6.54 Å². The molecule has 0 saturated carbocycles. The number of amides is 1. The van der Waals surface area contributed by atoms with Gasteiger partial charge in [-0.2, -0.15) is 0 Å². The van der Waals surface area contributed by atoms with Crippen molar-refractivity contribution in [3.05, 3.63) is 64.1 Å². The predicted octanol–water partition coefficient (Wildman–Crippen LogP) is 2.74. The van der Waals surface area contributed by atoms with Gasteiger partial charge in [-0.05, 0) is 46.1 Å². The summed E-state index contributed by atoms with van der Waals surface area (Å²) < 4.78 is 27.3. The fraction of sp³-hybridized carbons (Fsp3) is 0.235. The van der Waals surface area contributed by atoms with Crippen molar-refractivity contribution in [2.24, 2.45) is 0 Å². The number of benzene rings is 2. The van der Waals surface area contributed by atoms with Crippen molar-refractivity contribution in [2.45, 2.75) is 24.8 Å². The summed E-state index contributed by atoms with van der Waals surface area (Å²) in [7, 11) is -3.64. The molecule has 2 aromatic carbocycles. The lowest BCUT2D eigenvalue weighted by Crippen LogP contribution is -2.30. The summed E-state index contributed by atoms with van der Waals surface area (Å²) in [6, 6.07) is 14.3. The van der Waals surface area contributed by atoms with Crippen LogP contribution in [-0.4, -0.2) is 20.9 Å². The highest BCUT2D eigenvalue weighted by Crippen LogP contribution is 2.20. The van der Waals surface area contributed by atoms with Gasteiger partial charge in [0.2, 0.25) is 15.9 Å². The van der Waals surface area contributed by atoms with Gasteiger partial charge in [-0.15, -0.1) is 0 Å². The average molecular weight is 411 g/mol. The Morgan fingerprint density at radius 2 is 1.75 bits per heavy atom. The van der Waals surface area contributed by atoms with Crippen LogP contribution in [0.4, 0.5) is 0 Å². The zero-order valence-corrected chi connectivity index (χ0v) is 15.7. The van der Waals surface area contributed by atoms with Crippen LogP contribution >= 0.6 is 15.9 Å². The van der Waals surface area contributed by atoms with Gasteiger partial charge in [-0.25, -0.2) is 13.1 Å². The summed E-state index contributed by atoms with van der Waals surface area (Å²) >= 11 is 3.21. The second kappa shape index (κ2) is 8.41. The van der Waals surface area contributed by atoms with E-state index in [1.807, 2.05) is 31.2 Å². The topological polar surface area (TPSA) is 75.3 Å². The molecule has 0 aliphatic rings. The first-order chi connectivity index (χ1) is 11.4. The van der Waals surface area contributed by atoms with E-state index in [2.05, 4.69) is 26.0 Å². The molecule has 2 aromatic rings. The maximum absolute atomic E-state index is 12.2. The molecule has 0 saturated heterocycles. The smallest absolute Gasteiger partial charge is 0.241 e. The van der Waals surface area contributed by atoms with Crippen molar-refractivity contribution in [1.82, 2.24) is 10.0 Å². The summed E-state index contributed by atoms with van der Waals surface area (Å²) in [6.07, 6.45) is 0.0789. The molecule has 0 fully saturated rings. The molecule has 0 bridgehead atoms. The molecule has 5 nitrogen and oxygen atoms in total. The van der Waals surface area contributed by atoms with E-state index < -0.39 is 10.0 Å². The summed E-state index contributed by atoms with van der Waals surface area (Å²) in [4.78, 5) is 12.0. The third-order valence-electron chi connectivity index (χ3n) is 3.51. The fourth-order valence-electron chi connectivity index (χ4n) is 2.13. The van der Waals surface area contributed by atoms with Crippen molar-refractivity contribution in [1.29, 1.82) is 0 Å². The lowest BCUT2D eigenvalue weighted by Gasteiger charge is -2.10. The zero-order valence-electron chi connectivity index (χ0n) is 13.3. The Bertz CT molecular complexity index is 822. The first-order valence-electron chi connectivity index (χ1n) is 7.45. The van der Waals surface area contributed by atoms with Gasteiger partial charge in [0.05, 0.1) is 4.90 Å². The van der Waals surface area contributed by atoms with Gasteiger partial charge >= 0.3 is 0 Å². The van der Waals surface area contributed by atoms with Gasteiger partial charge in [0.25, 0.3) is 0 Å². The molecule has 0 unspecified atom stereocenters. The quantitative estimate of drug-likeness (QED) is 0.736. The van der Waals surface area contributed by atoms with Crippen LogP contribution in [0.2, 0.25) is 0 Å². The predicted molar refractivity (Wildman–Crippen MR) is 97.0 cm³/mol. The lowest BCUT2D eigenvalue weighted by atomic mass is 10.1. The first kappa shape index (κ1) is 18.6. The normalized spacial score (nSPS) is 11.2. The highest BCUT2D eigenvalue weighted by molar-refractivity contribution is 9.10. The van der Waals surface area contributed by atoms with Crippen molar-refractivity contribution >= 4 is 31.9 Å². The molecular formula is C17H19BrN2O3S. The number of nitrogens with one attached hydrogen (secondary N) is 2. The molecule has 7 heteroatoms. The van der Waals surface area contributed by atoms with Crippen molar-refractivity contribution < 1.29 is 13.2 Å². The molecule has 24 heavy (non-hydrogen) atoms. The van der Waals surface area contributed by atoms with Crippen LogP contribution < -0.4 is 10.0 Å². The number of aryl methyl sites for hydroxylation is 1. The van der Waals surface area contributed by atoms with Gasteiger partial charge in [0.15, 0.2) is 0 Å². The summed E-state index contributed by atoms with van der Waals surface area (Å²) in [5, 5.41) is 2.79. The molecule has 0 aromatic heterocycles. The van der Waals surface area contributed by atoms with E-state index in [9.17, 15) is 13.2 Å². The van der Waals surface area contributed by atoms with Gasteiger partial charge in [0.1, 0.15) is 0 Å². The van der Waals surface area contributed by atoms with Gasteiger partial charge in [-0.3, -0.25) is 4.79 Å². The Morgan fingerprint density at radius 3 is 2.46 bits per heavy atom. The second-order valence-electron chi connectivity index (χ2n) is 5.28. The molecule has 0 radical (unpaired) electrons. The Morgan fingerprint density at radius 1 is 1.08 bits per heavy atom. The highest BCUT2D eigenvalue weighted by Gasteiger charge is 2.16. The maximum Gasteiger partial charge on any atom is 0.241 e. The van der Waals surface area contributed by atoms with Crippen molar-refractivity contribution in [3.8, 4) is 0 Å².